The Balaban J connectivity index is 1.95. The van der Waals surface area contributed by atoms with E-state index in [0.29, 0.717) is 24.7 Å². The number of amides is 1. The van der Waals surface area contributed by atoms with Gasteiger partial charge in [0.15, 0.2) is 0 Å². The van der Waals surface area contributed by atoms with Crippen molar-refractivity contribution in [3.63, 3.8) is 0 Å². The summed E-state index contributed by atoms with van der Waals surface area (Å²) in [7, 11) is 0. The number of hydrogen-bond acceptors (Lipinski definition) is 4. The minimum atomic E-state index is -0.428. The van der Waals surface area contributed by atoms with Crippen LogP contribution in [0.15, 0.2) is 30.5 Å². The molecule has 116 valence electrons. The molecule has 0 saturated carbocycles. The first-order valence-electron chi connectivity index (χ1n) is 7.25. The lowest BCUT2D eigenvalue weighted by atomic mass is 10.0. The van der Waals surface area contributed by atoms with Crippen LogP contribution in [0.5, 0.6) is 0 Å². The highest BCUT2D eigenvalue weighted by Crippen LogP contribution is 2.27. The van der Waals surface area contributed by atoms with Crippen LogP contribution in [0.2, 0.25) is 5.02 Å². The third-order valence-electron chi connectivity index (χ3n) is 4.06. The lowest BCUT2D eigenvalue weighted by molar-refractivity contribution is -0.136. The fourth-order valence-corrected chi connectivity index (χ4v) is 3.23. The molecule has 1 amide bonds. The molecule has 2 N–H and O–H groups in total. The molecule has 0 aliphatic carbocycles. The average Bonchev–Trinajstić information content (AvgIpc) is 2.50. The van der Waals surface area contributed by atoms with E-state index in [9.17, 15) is 4.79 Å². The van der Waals surface area contributed by atoms with Gasteiger partial charge in [-0.15, -0.1) is 0 Å². The number of morpholine rings is 1. The van der Waals surface area contributed by atoms with Crippen molar-refractivity contribution in [1.29, 1.82) is 0 Å². The largest absolute Gasteiger partial charge is 0.375 e. The first kappa shape index (κ1) is 15.2. The maximum Gasteiger partial charge on any atom is 0.237 e. The van der Waals surface area contributed by atoms with Crippen molar-refractivity contribution in [3.05, 3.63) is 41.0 Å². The van der Waals surface area contributed by atoms with Gasteiger partial charge in [-0.3, -0.25) is 14.7 Å². The zero-order chi connectivity index (χ0) is 15.7. The monoisotopic (exact) mass is 319 g/mol. The highest BCUT2D eigenvalue weighted by atomic mass is 35.5. The third kappa shape index (κ3) is 2.79. The summed E-state index contributed by atoms with van der Waals surface area (Å²) < 4.78 is 5.55. The SMILES string of the molecule is C[C@H]1OCCN(Cc2ccc(Cl)c3cccnc23)[C@@H]1C(N)=O. The van der Waals surface area contributed by atoms with Crippen LogP contribution in [0.25, 0.3) is 10.9 Å². The lowest BCUT2D eigenvalue weighted by Crippen LogP contribution is -2.56. The smallest absolute Gasteiger partial charge is 0.237 e. The first-order chi connectivity index (χ1) is 10.6. The van der Waals surface area contributed by atoms with Crippen LogP contribution in [-0.4, -0.2) is 41.1 Å². The van der Waals surface area contributed by atoms with Gasteiger partial charge in [-0.05, 0) is 30.7 Å². The van der Waals surface area contributed by atoms with E-state index >= 15 is 0 Å². The van der Waals surface area contributed by atoms with Crippen molar-refractivity contribution in [3.8, 4) is 0 Å². The molecular weight excluding hydrogens is 302 g/mol. The minimum absolute atomic E-state index is 0.210. The van der Waals surface area contributed by atoms with Crippen LogP contribution in [-0.2, 0) is 16.1 Å². The summed E-state index contributed by atoms with van der Waals surface area (Å²) in [5.74, 6) is -0.363. The van der Waals surface area contributed by atoms with Crippen LogP contribution in [0.4, 0.5) is 0 Å². The average molecular weight is 320 g/mol. The number of aromatic nitrogens is 1. The molecule has 22 heavy (non-hydrogen) atoms. The molecule has 0 bridgehead atoms. The fraction of sp³-hybridized carbons (Fsp3) is 0.375. The molecule has 0 unspecified atom stereocenters. The Labute approximate surface area is 134 Å². The Morgan fingerprint density at radius 1 is 1.50 bits per heavy atom. The Hall–Kier alpha value is -1.69. The fourth-order valence-electron chi connectivity index (χ4n) is 3.01. The van der Waals surface area contributed by atoms with Crippen molar-refractivity contribution >= 4 is 28.4 Å². The maximum atomic E-state index is 11.7. The van der Waals surface area contributed by atoms with E-state index in [2.05, 4.69) is 4.98 Å². The number of halogens is 1. The molecule has 1 fully saturated rings. The quantitative estimate of drug-likeness (QED) is 0.939. The summed E-state index contributed by atoms with van der Waals surface area (Å²) in [4.78, 5) is 18.2. The molecule has 1 aliphatic rings. The summed E-state index contributed by atoms with van der Waals surface area (Å²) in [6.45, 7) is 3.71. The van der Waals surface area contributed by atoms with E-state index in [0.717, 1.165) is 16.5 Å². The van der Waals surface area contributed by atoms with E-state index in [1.807, 2.05) is 36.1 Å². The summed E-state index contributed by atoms with van der Waals surface area (Å²) >= 11 is 6.23. The summed E-state index contributed by atoms with van der Waals surface area (Å²) in [6, 6.07) is 7.20. The van der Waals surface area contributed by atoms with E-state index < -0.39 is 6.04 Å². The number of fused-ring (bicyclic) bond motifs is 1. The molecule has 2 atom stereocenters. The Bertz CT molecular complexity index is 707. The molecule has 1 aromatic heterocycles. The van der Waals surface area contributed by atoms with Crippen molar-refractivity contribution < 1.29 is 9.53 Å². The molecule has 0 radical (unpaired) electrons. The number of carbonyl (C=O) groups is 1. The van der Waals surface area contributed by atoms with Crippen LogP contribution in [0, 0.1) is 0 Å². The van der Waals surface area contributed by atoms with E-state index in [1.165, 1.54) is 0 Å². The number of pyridine rings is 1. The molecular formula is C16H18ClN3O2. The predicted molar refractivity (Wildman–Crippen MR) is 85.6 cm³/mol. The highest BCUT2D eigenvalue weighted by molar-refractivity contribution is 6.35. The van der Waals surface area contributed by atoms with Gasteiger partial charge >= 0.3 is 0 Å². The lowest BCUT2D eigenvalue weighted by Gasteiger charge is -2.38. The zero-order valence-electron chi connectivity index (χ0n) is 12.3. The predicted octanol–water partition coefficient (Wildman–Crippen LogP) is 1.96. The van der Waals surface area contributed by atoms with Gasteiger partial charge in [0.05, 0.1) is 18.2 Å². The number of benzene rings is 1. The maximum absolute atomic E-state index is 11.7. The van der Waals surface area contributed by atoms with Gasteiger partial charge in [-0.2, -0.15) is 0 Å². The zero-order valence-corrected chi connectivity index (χ0v) is 13.1. The highest BCUT2D eigenvalue weighted by Gasteiger charge is 2.33. The van der Waals surface area contributed by atoms with Gasteiger partial charge in [0.25, 0.3) is 0 Å². The number of ether oxygens (including phenoxy) is 1. The Morgan fingerprint density at radius 2 is 2.32 bits per heavy atom. The molecule has 1 aromatic carbocycles. The molecule has 5 nitrogen and oxygen atoms in total. The van der Waals surface area contributed by atoms with Crippen LogP contribution < -0.4 is 5.73 Å². The van der Waals surface area contributed by atoms with Crippen molar-refractivity contribution in [2.24, 2.45) is 5.73 Å². The Kier molecular flexibility index (Phi) is 4.29. The van der Waals surface area contributed by atoms with Gasteiger partial charge in [0, 0.05) is 29.7 Å². The second-order valence-corrected chi connectivity index (χ2v) is 5.91. The normalized spacial score (nSPS) is 22.8. The van der Waals surface area contributed by atoms with Crippen LogP contribution in [0.1, 0.15) is 12.5 Å². The van der Waals surface area contributed by atoms with Crippen molar-refractivity contribution in [2.75, 3.05) is 13.2 Å². The van der Waals surface area contributed by atoms with Gasteiger partial charge in [0.2, 0.25) is 5.91 Å². The number of nitrogens with zero attached hydrogens (tertiary/aromatic N) is 2. The van der Waals surface area contributed by atoms with Gasteiger partial charge < -0.3 is 10.5 Å². The number of primary amides is 1. The number of nitrogens with two attached hydrogens (primary N) is 1. The second kappa shape index (κ2) is 6.20. The second-order valence-electron chi connectivity index (χ2n) is 5.50. The minimum Gasteiger partial charge on any atom is -0.375 e. The van der Waals surface area contributed by atoms with Gasteiger partial charge in [-0.25, -0.2) is 0 Å². The molecule has 1 saturated heterocycles. The van der Waals surface area contributed by atoms with E-state index in [-0.39, 0.29) is 12.0 Å². The Morgan fingerprint density at radius 3 is 3.09 bits per heavy atom. The van der Waals surface area contributed by atoms with Gasteiger partial charge in [0.1, 0.15) is 6.04 Å². The van der Waals surface area contributed by atoms with Gasteiger partial charge in [-0.1, -0.05) is 17.7 Å². The van der Waals surface area contributed by atoms with E-state index in [1.54, 1.807) is 6.20 Å². The first-order valence-corrected chi connectivity index (χ1v) is 7.63. The third-order valence-corrected chi connectivity index (χ3v) is 4.39. The molecule has 6 heteroatoms. The molecule has 2 aromatic rings. The summed E-state index contributed by atoms with van der Waals surface area (Å²) in [6.07, 6.45) is 1.54. The molecule has 0 spiro atoms. The summed E-state index contributed by atoms with van der Waals surface area (Å²) in [5, 5.41) is 1.59. The molecule has 3 rings (SSSR count). The standard InChI is InChI=1S/C16H18ClN3O2/c1-10-15(16(18)21)20(7-8-22-10)9-11-4-5-13(17)12-3-2-6-19-14(11)12/h2-6,10,15H,7-9H2,1H3,(H2,18,21)/t10-,15+/m1/s1. The van der Waals surface area contributed by atoms with Crippen molar-refractivity contribution in [1.82, 2.24) is 9.88 Å². The topological polar surface area (TPSA) is 68.4 Å². The molecule has 1 aliphatic heterocycles. The van der Waals surface area contributed by atoms with Crippen LogP contribution >= 0.6 is 11.6 Å². The number of rotatable bonds is 3. The van der Waals surface area contributed by atoms with Crippen molar-refractivity contribution in [2.45, 2.75) is 25.6 Å². The van der Waals surface area contributed by atoms with Crippen LogP contribution in [0.3, 0.4) is 0 Å². The number of carbonyl (C=O) groups excluding carboxylic acids is 1. The summed E-state index contributed by atoms with van der Waals surface area (Å²) in [5.41, 5.74) is 7.43. The van der Waals surface area contributed by atoms with E-state index in [4.69, 9.17) is 22.1 Å². The molecule has 2 heterocycles. The number of hydrogen-bond donors (Lipinski definition) is 1.